The van der Waals surface area contributed by atoms with Crippen molar-refractivity contribution >= 4 is 11.9 Å². The molecule has 1 amide bonds. The molecule has 0 aromatic carbocycles. The number of carboxylic acids is 1. The second-order valence-electron chi connectivity index (χ2n) is 9.97. The second kappa shape index (κ2) is 32.0. The SMILES string of the molecule is C.C.OCCC1CCNCC1.[N-]=[N+]=NCCCCCC(=O)N1CCC(CCO)CC1.[N-]=[N+]=NCCCCCC(=O)O. The van der Waals surface area contributed by atoms with Gasteiger partial charge in [-0.25, -0.2) is 0 Å². The summed E-state index contributed by atoms with van der Waals surface area (Å²) < 4.78 is 0. The van der Waals surface area contributed by atoms with E-state index in [-0.39, 0.29) is 33.8 Å². The molecule has 240 valence electrons. The first-order valence-electron chi connectivity index (χ1n) is 14.4. The lowest BCUT2D eigenvalue weighted by Crippen LogP contribution is -2.38. The Morgan fingerprint density at radius 1 is 0.756 bits per heavy atom. The molecule has 2 aliphatic rings. The highest BCUT2D eigenvalue weighted by Crippen LogP contribution is 2.21. The molecule has 0 atom stereocenters. The number of nitrogens with zero attached hydrogens (tertiary/aromatic N) is 7. The fourth-order valence-corrected chi connectivity index (χ4v) is 4.53. The number of aliphatic carboxylic acids is 1. The van der Waals surface area contributed by atoms with Gasteiger partial charge in [0.1, 0.15) is 0 Å². The quantitative estimate of drug-likeness (QED) is 0.0730. The summed E-state index contributed by atoms with van der Waals surface area (Å²) in [7, 11) is 0. The molecule has 0 bridgehead atoms. The molecule has 0 aliphatic carbocycles. The van der Waals surface area contributed by atoms with Crippen molar-refractivity contribution in [1.82, 2.24) is 10.2 Å². The molecule has 0 radical (unpaired) electrons. The number of hydrogen-bond acceptors (Lipinski definition) is 7. The predicted molar refractivity (Wildman–Crippen MR) is 164 cm³/mol. The number of aliphatic hydroxyl groups excluding tert-OH is 2. The minimum absolute atomic E-state index is 0. The van der Waals surface area contributed by atoms with Gasteiger partial charge in [0.15, 0.2) is 0 Å². The largest absolute Gasteiger partial charge is 0.481 e. The van der Waals surface area contributed by atoms with Crippen LogP contribution in [-0.4, -0.2) is 84.6 Å². The molecule has 2 aliphatic heterocycles. The molecule has 0 unspecified atom stereocenters. The van der Waals surface area contributed by atoms with Gasteiger partial charge in [-0.1, -0.05) is 37.9 Å². The van der Waals surface area contributed by atoms with Gasteiger partial charge in [-0.2, -0.15) is 0 Å². The normalized spacial score (nSPS) is 14.7. The molecule has 2 fully saturated rings. The van der Waals surface area contributed by atoms with E-state index < -0.39 is 5.97 Å². The summed E-state index contributed by atoms with van der Waals surface area (Å²) in [6, 6.07) is 0. The Bertz CT molecular complexity index is 710. The van der Waals surface area contributed by atoms with E-state index in [1.165, 1.54) is 12.8 Å². The first-order valence-corrected chi connectivity index (χ1v) is 14.4. The molecule has 0 spiro atoms. The second-order valence-corrected chi connectivity index (χ2v) is 9.97. The van der Waals surface area contributed by atoms with E-state index in [0.29, 0.717) is 38.5 Å². The van der Waals surface area contributed by atoms with Crippen LogP contribution >= 0.6 is 0 Å². The number of carbonyl (C=O) groups excluding carboxylic acids is 1. The van der Waals surface area contributed by atoms with Crippen molar-refractivity contribution in [2.24, 2.45) is 22.1 Å². The van der Waals surface area contributed by atoms with Crippen molar-refractivity contribution in [1.29, 1.82) is 0 Å². The summed E-state index contributed by atoms with van der Waals surface area (Å²) in [6.07, 6.45) is 12.1. The van der Waals surface area contributed by atoms with E-state index in [0.717, 1.165) is 89.9 Å². The molecule has 0 saturated carbocycles. The Morgan fingerprint density at radius 2 is 1.22 bits per heavy atom. The van der Waals surface area contributed by atoms with Crippen LogP contribution in [0.5, 0.6) is 0 Å². The van der Waals surface area contributed by atoms with Crippen LogP contribution < -0.4 is 5.32 Å². The van der Waals surface area contributed by atoms with Crippen molar-refractivity contribution in [2.75, 3.05) is 52.5 Å². The fourth-order valence-electron chi connectivity index (χ4n) is 4.53. The van der Waals surface area contributed by atoms with Gasteiger partial charge in [0, 0.05) is 62.1 Å². The standard InChI is InChI=1S/C13H24N4O2.C7H15NO.C6H11N3O2.2CH4/c14-16-15-8-3-1-2-4-13(19)17-9-5-12(6-10-17)7-11-18;9-6-3-7-1-4-8-5-2-7;7-9-8-5-3-1-2-4-6(10)11;;/h12,18H,1-11H2;7-9H,1-6H2;1-5H2,(H,10,11);2*1H4. The molecule has 2 heterocycles. The van der Waals surface area contributed by atoms with Gasteiger partial charge < -0.3 is 25.5 Å². The highest BCUT2D eigenvalue weighted by Gasteiger charge is 2.21. The Labute approximate surface area is 247 Å². The maximum atomic E-state index is 11.9. The van der Waals surface area contributed by atoms with Crippen LogP contribution in [-0.2, 0) is 9.59 Å². The third kappa shape index (κ3) is 27.4. The lowest BCUT2D eigenvalue weighted by molar-refractivity contribution is -0.137. The average molecular weight is 587 g/mol. The van der Waals surface area contributed by atoms with Crippen LogP contribution in [0.4, 0.5) is 0 Å². The summed E-state index contributed by atoms with van der Waals surface area (Å²) >= 11 is 0. The number of nitrogens with one attached hydrogen (secondary N) is 1. The smallest absolute Gasteiger partial charge is 0.303 e. The Kier molecular flexibility index (Phi) is 33.4. The van der Waals surface area contributed by atoms with Crippen LogP contribution in [0.1, 0.15) is 105 Å². The fraction of sp³-hybridized carbons (Fsp3) is 0.929. The number of unbranched alkanes of at least 4 members (excludes halogenated alkanes) is 4. The van der Waals surface area contributed by atoms with Crippen LogP contribution in [0.3, 0.4) is 0 Å². The Balaban J connectivity index is -0.000000562. The first-order chi connectivity index (χ1) is 19.0. The lowest BCUT2D eigenvalue weighted by Gasteiger charge is -2.31. The van der Waals surface area contributed by atoms with Crippen molar-refractivity contribution < 1.29 is 24.9 Å². The third-order valence-electron chi connectivity index (χ3n) is 6.92. The minimum Gasteiger partial charge on any atom is -0.481 e. The van der Waals surface area contributed by atoms with Crippen molar-refractivity contribution in [3.8, 4) is 0 Å². The number of carboxylic acid groups (broad SMARTS) is 1. The summed E-state index contributed by atoms with van der Waals surface area (Å²) in [5.74, 6) is 0.842. The van der Waals surface area contributed by atoms with Crippen LogP contribution in [0.25, 0.3) is 20.9 Å². The first kappa shape index (κ1) is 42.9. The molecular formula is C28H58N8O5. The highest BCUT2D eigenvalue weighted by molar-refractivity contribution is 5.76. The van der Waals surface area contributed by atoms with Gasteiger partial charge in [-0.15, -0.1) is 0 Å². The van der Waals surface area contributed by atoms with Crippen molar-refractivity contribution in [3.05, 3.63) is 20.9 Å². The average Bonchev–Trinajstić information content (AvgIpc) is 2.94. The minimum atomic E-state index is -0.770. The van der Waals surface area contributed by atoms with Crippen LogP contribution in [0, 0.1) is 11.8 Å². The van der Waals surface area contributed by atoms with Crippen LogP contribution in [0.2, 0.25) is 0 Å². The molecule has 2 rings (SSSR count). The number of carbonyl (C=O) groups is 2. The highest BCUT2D eigenvalue weighted by atomic mass is 16.4. The predicted octanol–water partition coefficient (Wildman–Crippen LogP) is 6.06. The van der Waals surface area contributed by atoms with Gasteiger partial charge in [0.2, 0.25) is 5.91 Å². The van der Waals surface area contributed by atoms with E-state index in [2.05, 4.69) is 25.4 Å². The molecule has 2 saturated heterocycles. The van der Waals surface area contributed by atoms with Crippen LogP contribution in [0.15, 0.2) is 10.2 Å². The molecule has 0 aromatic heterocycles. The van der Waals surface area contributed by atoms with Gasteiger partial charge >= 0.3 is 5.97 Å². The molecule has 0 aromatic rings. The van der Waals surface area contributed by atoms with Gasteiger partial charge in [0.05, 0.1) is 0 Å². The van der Waals surface area contributed by atoms with E-state index >= 15 is 0 Å². The van der Waals surface area contributed by atoms with E-state index in [4.69, 9.17) is 26.4 Å². The molecule has 13 nitrogen and oxygen atoms in total. The summed E-state index contributed by atoms with van der Waals surface area (Å²) in [6.45, 7) is 5.57. The number of likely N-dealkylation sites (tertiary alicyclic amines) is 1. The topological polar surface area (TPSA) is 208 Å². The van der Waals surface area contributed by atoms with E-state index in [1.54, 1.807) is 0 Å². The number of rotatable bonds is 16. The molecule has 13 heteroatoms. The zero-order valence-corrected chi connectivity index (χ0v) is 23.5. The van der Waals surface area contributed by atoms with Crippen molar-refractivity contribution in [3.63, 3.8) is 0 Å². The number of amides is 1. The lowest BCUT2D eigenvalue weighted by atomic mass is 9.94. The molecule has 41 heavy (non-hydrogen) atoms. The van der Waals surface area contributed by atoms with E-state index in [1.807, 2.05) is 4.90 Å². The maximum Gasteiger partial charge on any atom is 0.303 e. The molecular weight excluding hydrogens is 528 g/mol. The van der Waals surface area contributed by atoms with Gasteiger partial charge in [0.25, 0.3) is 0 Å². The molecule has 4 N–H and O–H groups in total. The van der Waals surface area contributed by atoms with Gasteiger partial charge in [-0.3, -0.25) is 9.59 Å². The zero-order chi connectivity index (χ0) is 29.0. The third-order valence-corrected chi connectivity index (χ3v) is 6.92. The van der Waals surface area contributed by atoms with Crippen molar-refractivity contribution in [2.45, 2.75) is 105 Å². The number of aliphatic hydroxyl groups is 2. The number of piperidine rings is 2. The summed E-state index contributed by atoms with van der Waals surface area (Å²) in [5.41, 5.74) is 16.0. The maximum absolute atomic E-state index is 11.9. The van der Waals surface area contributed by atoms with Gasteiger partial charge in [-0.05, 0) is 100 Å². The Morgan fingerprint density at radius 3 is 1.66 bits per heavy atom. The monoisotopic (exact) mass is 586 g/mol. The number of azide groups is 2. The summed E-state index contributed by atoms with van der Waals surface area (Å²) in [4.78, 5) is 29.2. The number of hydrogen-bond donors (Lipinski definition) is 4. The zero-order valence-electron chi connectivity index (χ0n) is 23.5. The van der Waals surface area contributed by atoms with E-state index in [9.17, 15) is 9.59 Å². The Hall–Kier alpha value is -2.56. The summed E-state index contributed by atoms with van der Waals surface area (Å²) in [5, 5.41) is 35.8.